The van der Waals surface area contributed by atoms with Gasteiger partial charge in [-0.3, -0.25) is 14.7 Å². The van der Waals surface area contributed by atoms with Crippen LogP contribution >= 0.6 is 0 Å². The van der Waals surface area contributed by atoms with E-state index in [0.717, 1.165) is 45.3 Å². The van der Waals surface area contributed by atoms with Crippen LogP contribution < -0.4 is 17.3 Å². The van der Waals surface area contributed by atoms with Gasteiger partial charge in [-0.15, -0.1) is 0 Å². The maximum Gasteiger partial charge on any atom is 0.275 e. The second kappa shape index (κ2) is 4.70. The third-order valence-corrected chi connectivity index (χ3v) is 4.83. The summed E-state index contributed by atoms with van der Waals surface area (Å²) in [5, 5.41) is 1.18. The van der Waals surface area contributed by atoms with Gasteiger partial charge in [-0.1, -0.05) is 6.08 Å². The second-order valence-corrected chi connectivity index (χ2v) is 6.04. The minimum absolute atomic E-state index is 0.253. The van der Waals surface area contributed by atoms with Gasteiger partial charge in [0.1, 0.15) is 5.66 Å². The number of amides is 1. The average molecular weight is 280 g/mol. The lowest BCUT2D eigenvalue weighted by Crippen LogP contribution is -2.79. The topological polar surface area (TPSA) is 105 Å². The first-order valence-electron chi connectivity index (χ1n) is 7.33. The molecule has 0 radical (unpaired) electrons. The van der Waals surface area contributed by atoms with Crippen molar-refractivity contribution in [3.63, 3.8) is 0 Å². The number of rotatable bonds is 2. The highest BCUT2D eigenvalue weighted by molar-refractivity contribution is 5.90. The molecule has 2 saturated heterocycles. The van der Waals surface area contributed by atoms with Crippen molar-refractivity contribution in [2.45, 2.75) is 37.0 Å². The molecule has 0 bridgehead atoms. The summed E-state index contributed by atoms with van der Waals surface area (Å²) in [6.07, 6.45) is 8.18. The third-order valence-electron chi connectivity index (χ3n) is 4.83. The van der Waals surface area contributed by atoms with Gasteiger partial charge >= 0.3 is 0 Å². The number of carbonyl (C=O) groups excluding carboxylic acids is 1. The number of allylic oxidation sites excluding steroid dienone is 1. The average Bonchev–Trinajstić information content (AvgIpc) is 3.05. The molecule has 112 valence electrons. The molecule has 0 aliphatic carbocycles. The molecule has 20 heavy (non-hydrogen) atoms. The number of likely N-dealkylation sites (tertiary alicyclic amines) is 1. The van der Waals surface area contributed by atoms with Crippen LogP contribution in [-0.4, -0.2) is 58.2 Å². The molecular weight excluding hydrogens is 256 g/mol. The van der Waals surface area contributed by atoms with E-state index >= 15 is 0 Å². The summed E-state index contributed by atoms with van der Waals surface area (Å²) in [6, 6.07) is 0. The number of hydrogen-bond acceptors (Lipinski definition) is 6. The molecule has 0 saturated carbocycles. The fourth-order valence-corrected chi connectivity index (χ4v) is 3.63. The maximum absolute atomic E-state index is 12.6. The molecule has 3 aliphatic rings. The zero-order valence-corrected chi connectivity index (χ0v) is 11.8. The minimum Gasteiger partial charge on any atom is -0.355 e. The van der Waals surface area contributed by atoms with Crippen molar-refractivity contribution in [1.82, 2.24) is 14.8 Å². The second-order valence-electron chi connectivity index (χ2n) is 6.04. The molecular formula is C13H24N6O. The van der Waals surface area contributed by atoms with E-state index < -0.39 is 11.3 Å². The summed E-state index contributed by atoms with van der Waals surface area (Å²) >= 11 is 0. The van der Waals surface area contributed by atoms with Crippen molar-refractivity contribution in [3.8, 4) is 0 Å². The van der Waals surface area contributed by atoms with E-state index in [1.807, 2.05) is 16.0 Å². The predicted octanol–water partition coefficient (Wildman–Crippen LogP) is -1.28. The van der Waals surface area contributed by atoms with Crippen LogP contribution in [0, 0.1) is 0 Å². The number of nitrogens with two attached hydrogens (primary N) is 3. The standard InChI is InChI=1S/C13H24N6O/c14-12(17-6-2-1-3-7-17)10-19(16)11(20)13(12,15)18-8-4-5-9-18/h2,6H,1,3-5,7-10,14-16H2. The quantitative estimate of drug-likeness (QED) is 0.430. The highest BCUT2D eigenvalue weighted by Crippen LogP contribution is 2.36. The van der Waals surface area contributed by atoms with Crippen LogP contribution in [0.25, 0.3) is 0 Å². The Morgan fingerprint density at radius 1 is 1.10 bits per heavy atom. The predicted molar refractivity (Wildman–Crippen MR) is 75.6 cm³/mol. The van der Waals surface area contributed by atoms with E-state index in [9.17, 15) is 4.79 Å². The Balaban J connectivity index is 2.00. The Hall–Kier alpha value is -1.15. The lowest BCUT2D eigenvalue weighted by molar-refractivity contribution is -0.141. The van der Waals surface area contributed by atoms with Crippen LogP contribution in [0.1, 0.15) is 25.7 Å². The Kier molecular flexibility index (Phi) is 3.24. The third kappa shape index (κ3) is 1.70. The van der Waals surface area contributed by atoms with Gasteiger partial charge in [-0.25, -0.2) is 5.84 Å². The summed E-state index contributed by atoms with van der Waals surface area (Å²) < 4.78 is 0. The zero-order chi connectivity index (χ0) is 14.4. The molecule has 3 heterocycles. The van der Waals surface area contributed by atoms with Gasteiger partial charge in [0.15, 0.2) is 5.66 Å². The summed E-state index contributed by atoms with van der Waals surface area (Å²) in [7, 11) is 0. The normalized spacial score (nSPS) is 39.0. The van der Waals surface area contributed by atoms with E-state index in [4.69, 9.17) is 17.3 Å². The summed E-state index contributed by atoms with van der Waals surface area (Å²) in [6.45, 7) is 2.66. The fourth-order valence-electron chi connectivity index (χ4n) is 3.63. The fraction of sp³-hybridized carbons (Fsp3) is 0.769. The van der Waals surface area contributed by atoms with E-state index in [2.05, 4.69) is 6.08 Å². The smallest absolute Gasteiger partial charge is 0.275 e. The molecule has 7 nitrogen and oxygen atoms in total. The summed E-state index contributed by atoms with van der Waals surface area (Å²) in [5.74, 6) is 5.57. The van der Waals surface area contributed by atoms with Gasteiger partial charge in [0, 0.05) is 19.6 Å². The van der Waals surface area contributed by atoms with Crippen LogP contribution in [0.4, 0.5) is 0 Å². The SMILES string of the molecule is NN1CC(N)(N2C=CCCC2)C(N)(N2CCCC2)C1=O. The van der Waals surface area contributed by atoms with Crippen molar-refractivity contribution < 1.29 is 4.79 Å². The number of nitrogens with zero attached hydrogens (tertiary/aromatic N) is 3. The Labute approximate surface area is 119 Å². The van der Waals surface area contributed by atoms with E-state index in [1.54, 1.807) is 0 Å². The molecule has 0 aromatic carbocycles. The first-order chi connectivity index (χ1) is 9.50. The number of carbonyl (C=O) groups is 1. The maximum atomic E-state index is 12.6. The van der Waals surface area contributed by atoms with Crippen molar-refractivity contribution in [2.24, 2.45) is 17.3 Å². The molecule has 2 atom stereocenters. The molecule has 2 fully saturated rings. The molecule has 0 spiro atoms. The van der Waals surface area contributed by atoms with E-state index in [1.165, 1.54) is 5.01 Å². The van der Waals surface area contributed by atoms with Crippen molar-refractivity contribution in [3.05, 3.63) is 12.3 Å². The number of hydrazine groups is 1. The molecule has 3 rings (SSSR count). The van der Waals surface area contributed by atoms with Crippen LogP contribution in [0.5, 0.6) is 0 Å². The largest absolute Gasteiger partial charge is 0.355 e. The van der Waals surface area contributed by atoms with Crippen LogP contribution in [-0.2, 0) is 4.79 Å². The summed E-state index contributed by atoms with van der Waals surface area (Å²) in [5.41, 5.74) is 11.0. The lowest BCUT2D eigenvalue weighted by Gasteiger charge is -2.49. The first-order valence-corrected chi connectivity index (χ1v) is 7.33. The van der Waals surface area contributed by atoms with Crippen molar-refractivity contribution in [1.29, 1.82) is 0 Å². The Morgan fingerprint density at radius 3 is 2.40 bits per heavy atom. The van der Waals surface area contributed by atoms with Gasteiger partial charge in [-0.2, -0.15) is 0 Å². The van der Waals surface area contributed by atoms with Crippen LogP contribution in [0.3, 0.4) is 0 Å². The highest BCUT2D eigenvalue weighted by Gasteiger charge is 2.65. The van der Waals surface area contributed by atoms with Gasteiger partial charge in [0.05, 0.1) is 6.54 Å². The molecule has 0 aromatic heterocycles. The lowest BCUT2D eigenvalue weighted by atomic mass is 9.92. The molecule has 6 N–H and O–H groups in total. The molecule has 2 unspecified atom stereocenters. The highest BCUT2D eigenvalue weighted by atomic mass is 16.2. The van der Waals surface area contributed by atoms with Crippen molar-refractivity contribution >= 4 is 5.91 Å². The van der Waals surface area contributed by atoms with Gasteiger partial charge < -0.3 is 16.4 Å². The van der Waals surface area contributed by atoms with Gasteiger partial charge in [-0.05, 0) is 31.9 Å². The monoisotopic (exact) mass is 280 g/mol. The van der Waals surface area contributed by atoms with Crippen molar-refractivity contribution in [2.75, 3.05) is 26.2 Å². The molecule has 0 aromatic rings. The summed E-state index contributed by atoms with van der Waals surface area (Å²) in [4.78, 5) is 16.6. The van der Waals surface area contributed by atoms with Crippen LogP contribution in [0.2, 0.25) is 0 Å². The van der Waals surface area contributed by atoms with E-state index in [-0.39, 0.29) is 12.5 Å². The molecule has 3 aliphatic heterocycles. The zero-order valence-electron chi connectivity index (χ0n) is 11.8. The van der Waals surface area contributed by atoms with Crippen LogP contribution in [0.15, 0.2) is 12.3 Å². The van der Waals surface area contributed by atoms with E-state index in [0.29, 0.717) is 0 Å². The Bertz CT molecular complexity index is 435. The van der Waals surface area contributed by atoms with Gasteiger partial charge in [0.2, 0.25) is 0 Å². The number of hydrogen-bond donors (Lipinski definition) is 3. The minimum atomic E-state index is -1.24. The Morgan fingerprint density at radius 2 is 1.80 bits per heavy atom. The van der Waals surface area contributed by atoms with Gasteiger partial charge in [0.25, 0.3) is 5.91 Å². The molecule has 7 heteroatoms. The first kappa shape index (κ1) is 13.8. The molecule has 1 amide bonds.